The average molecular weight is 449 g/mol. The maximum Gasteiger partial charge on any atom is 0.132 e. The van der Waals surface area contributed by atoms with Gasteiger partial charge in [-0.15, -0.1) is 11.6 Å². The number of hydrogen-bond donors (Lipinski definition) is 0. The largest absolute Gasteiger partial charge is 0.294 e. The smallest absolute Gasteiger partial charge is 0.132 e. The van der Waals surface area contributed by atoms with Gasteiger partial charge in [0, 0.05) is 14.0 Å². The van der Waals surface area contributed by atoms with Crippen LogP contribution in [-0.2, 0) is 0 Å². The van der Waals surface area contributed by atoms with E-state index in [0.717, 1.165) is 31.5 Å². The fourth-order valence-corrected chi connectivity index (χ4v) is 3.33. The highest BCUT2D eigenvalue weighted by Gasteiger charge is 2.18. The molecule has 21 heavy (non-hydrogen) atoms. The lowest BCUT2D eigenvalue weighted by atomic mass is 10.2. The van der Waals surface area contributed by atoms with E-state index < -0.39 is 0 Å². The summed E-state index contributed by atoms with van der Waals surface area (Å²) in [5.41, 5.74) is 2.80. The van der Waals surface area contributed by atoms with Crippen molar-refractivity contribution in [3.05, 3.63) is 56.2 Å². The highest BCUT2D eigenvalue weighted by atomic mass is 79.9. The van der Waals surface area contributed by atoms with E-state index in [4.69, 9.17) is 23.2 Å². The van der Waals surface area contributed by atoms with E-state index in [1.807, 2.05) is 47.9 Å². The molecule has 0 aliphatic rings. The number of fused-ring (bicyclic) bond motifs is 1. The summed E-state index contributed by atoms with van der Waals surface area (Å²) in [5.74, 6) is 0.785. The molecule has 0 saturated carbocycles. The Morgan fingerprint density at radius 1 is 1.14 bits per heavy atom. The fraction of sp³-hybridized carbons (Fsp3) is 0.133. The SMILES string of the molecule is CC(Cl)c1nc2cc(Br)ccc2n1-c1cc(Cl)ccc1Br. The lowest BCUT2D eigenvalue weighted by molar-refractivity contribution is 0.880. The van der Waals surface area contributed by atoms with Gasteiger partial charge in [-0.05, 0) is 59.3 Å². The van der Waals surface area contributed by atoms with Gasteiger partial charge in [-0.1, -0.05) is 27.5 Å². The van der Waals surface area contributed by atoms with E-state index in [-0.39, 0.29) is 5.38 Å². The molecule has 0 fully saturated rings. The van der Waals surface area contributed by atoms with Crippen LogP contribution in [0.4, 0.5) is 0 Å². The highest BCUT2D eigenvalue weighted by molar-refractivity contribution is 9.10. The van der Waals surface area contributed by atoms with E-state index in [0.29, 0.717) is 5.02 Å². The van der Waals surface area contributed by atoms with Crippen molar-refractivity contribution < 1.29 is 0 Å². The summed E-state index contributed by atoms with van der Waals surface area (Å²) in [6.45, 7) is 1.91. The first kappa shape index (κ1) is 15.3. The molecule has 1 unspecified atom stereocenters. The molecular weight excluding hydrogens is 439 g/mol. The molecule has 0 N–H and O–H groups in total. The van der Waals surface area contributed by atoms with Crippen molar-refractivity contribution in [2.24, 2.45) is 0 Å². The van der Waals surface area contributed by atoms with Crippen LogP contribution < -0.4 is 0 Å². The summed E-state index contributed by atoms with van der Waals surface area (Å²) in [4.78, 5) is 4.66. The summed E-state index contributed by atoms with van der Waals surface area (Å²) in [6.07, 6.45) is 0. The summed E-state index contributed by atoms with van der Waals surface area (Å²) in [7, 11) is 0. The molecule has 108 valence electrons. The molecule has 1 atom stereocenters. The molecule has 3 aromatic rings. The molecule has 0 saturated heterocycles. The molecule has 2 nitrogen and oxygen atoms in total. The predicted molar refractivity (Wildman–Crippen MR) is 95.7 cm³/mol. The Hall–Kier alpha value is -0.550. The van der Waals surface area contributed by atoms with E-state index >= 15 is 0 Å². The van der Waals surface area contributed by atoms with Crippen molar-refractivity contribution >= 4 is 66.1 Å². The van der Waals surface area contributed by atoms with E-state index in [1.165, 1.54) is 0 Å². The van der Waals surface area contributed by atoms with Crippen LogP contribution in [0.1, 0.15) is 18.1 Å². The zero-order valence-corrected chi connectivity index (χ0v) is 15.6. The van der Waals surface area contributed by atoms with Crippen molar-refractivity contribution in [1.82, 2.24) is 9.55 Å². The topological polar surface area (TPSA) is 17.8 Å². The Kier molecular flexibility index (Phi) is 4.33. The van der Waals surface area contributed by atoms with Crippen LogP contribution in [0.15, 0.2) is 45.3 Å². The van der Waals surface area contributed by atoms with E-state index in [9.17, 15) is 0 Å². The minimum absolute atomic E-state index is 0.220. The summed E-state index contributed by atoms with van der Waals surface area (Å²) < 4.78 is 3.96. The molecular formula is C15H10Br2Cl2N2. The van der Waals surface area contributed by atoms with Gasteiger partial charge < -0.3 is 0 Å². The normalized spacial score (nSPS) is 12.8. The lowest BCUT2D eigenvalue weighted by Crippen LogP contribution is -2.02. The Balaban J connectivity index is 2.39. The van der Waals surface area contributed by atoms with Gasteiger partial charge in [0.25, 0.3) is 0 Å². The van der Waals surface area contributed by atoms with E-state index in [1.54, 1.807) is 0 Å². The Labute approximate surface area is 149 Å². The minimum Gasteiger partial charge on any atom is -0.294 e. The van der Waals surface area contributed by atoms with Crippen molar-refractivity contribution in [2.45, 2.75) is 12.3 Å². The van der Waals surface area contributed by atoms with Gasteiger partial charge in [-0.2, -0.15) is 0 Å². The molecule has 0 aliphatic carbocycles. The van der Waals surface area contributed by atoms with Gasteiger partial charge in [-0.25, -0.2) is 4.98 Å². The molecule has 6 heteroatoms. The van der Waals surface area contributed by atoms with Crippen LogP contribution in [0.5, 0.6) is 0 Å². The molecule has 1 aromatic heterocycles. The highest BCUT2D eigenvalue weighted by Crippen LogP contribution is 2.33. The molecule has 0 bridgehead atoms. The van der Waals surface area contributed by atoms with Crippen molar-refractivity contribution in [1.29, 1.82) is 0 Å². The standard InChI is InChI=1S/C15H10Br2Cl2N2/c1-8(18)15-20-12-6-9(16)2-5-13(12)21(15)14-7-10(19)3-4-11(14)17/h2-8H,1H3. The maximum absolute atomic E-state index is 6.32. The number of imidazole rings is 1. The third-order valence-corrected chi connectivity index (χ3v) is 4.74. The van der Waals surface area contributed by atoms with Gasteiger partial charge in [0.1, 0.15) is 5.82 Å². The van der Waals surface area contributed by atoms with Crippen molar-refractivity contribution in [3.63, 3.8) is 0 Å². The Bertz CT molecular complexity index is 828. The van der Waals surface area contributed by atoms with Crippen LogP contribution in [-0.4, -0.2) is 9.55 Å². The zero-order chi connectivity index (χ0) is 15.1. The van der Waals surface area contributed by atoms with Crippen LogP contribution >= 0.6 is 55.1 Å². The number of alkyl halides is 1. The number of benzene rings is 2. The van der Waals surface area contributed by atoms with Crippen LogP contribution in [0.2, 0.25) is 5.02 Å². The lowest BCUT2D eigenvalue weighted by Gasteiger charge is -2.13. The Morgan fingerprint density at radius 2 is 1.90 bits per heavy atom. The maximum atomic E-state index is 6.32. The van der Waals surface area contributed by atoms with Gasteiger partial charge in [0.15, 0.2) is 0 Å². The molecule has 0 spiro atoms. The summed E-state index contributed by atoms with van der Waals surface area (Å²) >= 11 is 19.5. The molecule has 0 amide bonds. The first-order valence-electron chi connectivity index (χ1n) is 6.25. The quantitative estimate of drug-likeness (QED) is 0.409. The Morgan fingerprint density at radius 3 is 2.62 bits per heavy atom. The number of hydrogen-bond acceptors (Lipinski definition) is 1. The van der Waals surface area contributed by atoms with Crippen LogP contribution in [0, 0.1) is 0 Å². The zero-order valence-electron chi connectivity index (χ0n) is 10.9. The third kappa shape index (κ3) is 2.87. The number of aromatic nitrogens is 2. The van der Waals surface area contributed by atoms with Gasteiger partial charge >= 0.3 is 0 Å². The first-order chi connectivity index (χ1) is 9.97. The molecule has 3 rings (SSSR count). The first-order valence-corrected chi connectivity index (χ1v) is 8.65. The summed E-state index contributed by atoms with van der Waals surface area (Å²) in [6, 6.07) is 11.6. The second kappa shape index (κ2) is 5.92. The number of halogens is 4. The van der Waals surface area contributed by atoms with E-state index in [2.05, 4.69) is 36.8 Å². The number of rotatable bonds is 2. The van der Waals surface area contributed by atoms with Crippen molar-refractivity contribution in [2.75, 3.05) is 0 Å². The molecule has 1 heterocycles. The van der Waals surface area contributed by atoms with Crippen molar-refractivity contribution in [3.8, 4) is 5.69 Å². The third-order valence-electron chi connectivity index (χ3n) is 3.15. The predicted octanol–water partition coefficient (Wildman–Crippen LogP) is 6.50. The van der Waals surface area contributed by atoms with Crippen LogP contribution in [0.25, 0.3) is 16.7 Å². The summed E-state index contributed by atoms with van der Waals surface area (Å²) in [5, 5.41) is 0.447. The van der Waals surface area contributed by atoms with Gasteiger partial charge in [0.05, 0.1) is 22.1 Å². The second-order valence-corrected chi connectivity index (χ2v) is 7.51. The fourth-order valence-electron chi connectivity index (χ4n) is 2.25. The van der Waals surface area contributed by atoms with Crippen LogP contribution in [0.3, 0.4) is 0 Å². The molecule has 2 aromatic carbocycles. The second-order valence-electron chi connectivity index (χ2n) is 4.65. The van der Waals surface area contributed by atoms with Gasteiger partial charge in [0.2, 0.25) is 0 Å². The average Bonchev–Trinajstić information content (AvgIpc) is 2.80. The minimum atomic E-state index is -0.220. The monoisotopic (exact) mass is 446 g/mol. The molecule has 0 radical (unpaired) electrons. The van der Waals surface area contributed by atoms with Gasteiger partial charge in [-0.3, -0.25) is 4.57 Å². The molecule has 0 aliphatic heterocycles. The number of nitrogens with zero attached hydrogens (tertiary/aromatic N) is 2.